The minimum absolute atomic E-state index is 0. The molecule has 11 nitrogen and oxygen atoms in total. The number of hydrogen-bond donors (Lipinski definition) is 4. The molecule has 9 rings (SSSR count). The van der Waals surface area contributed by atoms with E-state index < -0.39 is 7.12 Å². The van der Waals surface area contributed by atoms with Gasteiger partial charge >= 0.3 is 21.7 Å². The number of ether oxygens (including phenoxy) is 2. The number of fused-ring (bicyclic) bond motifs is 3. The number of para-hydroxylation sites is 3. The smallest absolute Gasteiger partial charge is 0.488 e. The first-order chi connectivity index (χ1) is 27.1. The Balaban J connectivity index is 0.000000149. The first kappa shape index (κ1) is 41.9. The van der Waals surface area contributed by atoms with Crippen molar-refractivity contribution in [2.45, 2.75) is 7.43 Å². The van der Waals surface area contributed by atoms with E-state index in [1.807, 2.05) is 97.1 Å². The highest BCUT2D eigenvalue weighted by Gasteiger charge is 2.11. The summed E-state index contributed by atoms with van der Waals surface area (Å²) in [7, 11) is 1.78. The number of nitrogens with one attached hydrogen (secondary N) is 1. The molecule has 0 aliphatic carbocycles. The number of phenolic OH excluding ortho intramolecular Hbond substituents is 1. The molecule has 0 spiro atoms. The number of phenols is 1. The highest BCUT2D eigenvalue weighted by molar-refractivity contribution is 7.17. The molecule has 0 aliphatic rings. The maximum absolute atomic E-state index is 12.0. The van der Waals surface area contributed by atoms with E-state index in [2.05, 4.69) is 4.98 Å². The largest absolute Gasteiger partial charge is 0.508 e. The fourth-order valence-corrected chi connectivity index (χ4v) is 7.95. The molecule has 0 saturated carbocycles. The number of hydrogen-bond acceptors (Lipinski definition) is 11. The number of aromatic nitrogens is 3. The van der Waals surface area contributed by atoms with Crippen LogP contribution in [0.4, 0.5) is 0 Å². The number of benzene rings is 6. The van der Waals surface area contributed by atoms with Crippen molar-refractivity contribution in [3.05, 3.63) is 175 Å². The standard InChI is InChI=1S/C14H11NO2S.C13H9NO2S.C7H9BO3.C7H5NOS.CH4/c1-17-11-8-6-10(7-9-11)15-12-4-2-3-5-13(12)18-14(15)16;15-10-7-5-9(6-8-10)14-11-3-1-2-4-12(11)17-13(14)16;1-11-7-4-2-6(3-5-7)8(9)10;9-7-8-5-3-1-2-4-6(5)10-7;/h2-9H,1H3;1-8,15H;2-5,9-10H,1H3;1-4H,(H,8,9);1H4. The van der Waals surface area contributed by atoms with Crippen LogP contribution < -0.4 is 29.6 Å². The third kappa shape index (κ3) is 10.3. The maximum Gasteiger partial charge on any atom is 0.488 e. The first-order valence-electron chi connectivity index (χ1n) is 16.9. The van der Waals surface area contributed by atoms with Gasteiger partial charge in [-0.15, -0.1) is 0 Å². The van der Waals surface area contributed by atoms with Gasteiger partial charge in [-0.3, -0.25) is 23.5 Å². The number of thiazole rings is 3. The number of aromatic amines is 1. The van der Waals surface area contributed by atoms with Crippen molar-refractivity contribution in [1.29, 1.82) is 0 Å². The quantitative estimate of drug-likeness (QED) is 0.131. The van der Waals surface area contributed by atoms with Gasteiger partial charge in [-0.05, 0) is 103 Å². The second-order valence-corrected chi connectivity index (χ2v) is 14.7. The van der Waals surface area contributed by atoms with E-state index in [0.29, 0.717) is 11.2 Å². The molecule has 6 aromatic carbocycles. The van der Waals surface area contributed by atoms with Gasteiger partial charge in [0.25, 0.3) is 0 Å². The zero-order chi connectivity index (χ0) is 39.6. The van der Waals surface area contributed by atoms with E-state index in [1.54, 1.807) is 71.9 Å². The summed E-state index contributed by atoms with van der Waals surface area (Å²) in [6.07, 6.45) is 0. The minimum atomic E-state index is -1.40. The summed E-state index contributed by atoms with van der Waals surface area (Å²) < 4.78 is 16.4. The Hall–Kier alpha value is -6.23. The van der Waals surface area contributed by atoms with Gasteiger partial charge in [-0.1, -0.05) is 90.0 Å². The summed E-state index contributed by atoms with van der Waals surface area (Å²) in [5.41, 5.74) is 4.86. The maximum atomic E-state index is 12.0. The first-order valence-corrected chi connectivity index (χ1v) is 19.3. The number of nitrogens with zero attached hydrogens (tertiary/aromatic N) is 2. The molecule has 0 fully saturated rings. The van der Waals surface area contributed by atoms with Crippen LogP contribution in [0, 0.1) is 0 Å². The Morgan fingerprint density at radius 3 is 1.42 bits per heavy atom. The van der Waals surface area contributed by atoms with Crippen molar-refractivity contribution in [2.75, 3.05) is 14.2 Å². The van der Waals surface area contributed by atoms with Crippen molar-refractivity contribution in [2.24, 2.45) is 0 Å². The van der Waals surface area contributed by atoms with E-state index in [0.717, 1.165) is 47.8 Å². The lowest BCUT2D eigenvalue weighted by atomic mass is 9.80. The fourth-order valence-electron chi connectivity index (χ4n) is 5.42. The number of aromatic hydroxyl groups is 1. The van der Waals surface area contributed by atoms with E-state index >= 15 is 0 Å². The third-order valence-electron chi connectivity index (χ3n) is 8.15. The lowest BCUT2D eigenvalue weighted by Crippen LogP contribution is -2.29. The Morgan fingerprint density at radius 1 is 0.544 bits per heavy atom. The molecule has 0 unspecified atom stereocenters. The summed E-state index contributed by atoms with van der Waals surface area (Å²) in [5, 5.41) is 26.7. The second kappa shape index (κ2) is 19.6. The van der Waals surface area contributed by atoms with Gasteiger partial charge < -0.3 is 29.6 Å². The zero-order valence-corrected chi connectivity index (χ0v) is 32.4. The third-order valence-corrected chi connectivity index (χ3v) is 10.9. The average molecular weight is 820 g/mol. The van der Waals surface area contributed by atoms with Crippen LogP contribution in [-0.2, 0) is 0 Å². The number of methoxy groups -OCH3 is 2. The highest BCUT2D eigenvalue weighted by Crippen LogP contribution is 2.23. The van der Waals surface area contributed by atoms with Crippen LogP contribution in [0.2, 0.25) is 0 Å². The summed E-state index contributed by atoms with van der Waals surface area (Å²) in [6, 6.07) is 43.8. The lowest BCUT2D eigenvalue weighted by molar-refractivity contribution is 0.414. The molecule has 0 amide bonds. The van der Waals surface area contributed by atoms with Gasteiger partial charge in [0.2, 0.25) is 0 Å². The Bertz CT molecular complexity index is 2810. The predicted molar refractivity (Wildman–Crippen MR) is 235 cm³/mol. The molecule has 9 aromatic rings. The van der Waals surface area contributed by atoms with E-state index in [4.69, 9.17) is 19.5 Å². The van der Waals surface area contributed by atoms with Crippen molar-refractivity contribution >= 4 is 77.2 Å². The van der Waals surface area contributed by atoms with Crippen molar-refractivity contribution in [3.8, 4) is 28.6 Å². The van der Waals surface area contributed by atoms with E-state index in [1.165, 1.54) is 34.0 Å². The monoisotopic (exact) mass is 819 g/mol. The molecule has 3 aromatic heterocycles. The van der Waals surface area contributed by atoms with Gasteiger partial charge in [0, 0.05) is 0 Å². The van der Waals surface area contributed by atoms with Crippen molar-refractivity contribution in [1.82, 2.24) is 14.1 Å². The molecular weight excluding hydrogens is 781 g/mol. The van der Waals surface area contributed by atoms with Crippen LogP contribution in [0.3, 0.4) is 0 Å². The van der Waals surface area contributed by atoms with Gasteiger partial charge in [0.15, 0.2) is 0 Å². The Morgan fingerprint density at radius 2 is 0.965 bits per heavy atom. The summed E-state index contributed by atoms with van der Waals surface area (Å²) in [5.74, 6) is 1.68. The Labute approximate surface area is 339 Å². The molecule has 15 heteroatoms. The van der Waals surface area contributed by atoms with Crippen LogP contribution in [-0.4, -0.2) is 50.6 Å². The average Bonchev–Trinajstić information content (AvgIpc) is 3.89. The zero-order valence-electron chi connectivity index (χ0n) is 29.9. The van der Waals surface area contributed by atoms with Gasteiger partial charge in [-0.2, -0.15) is 0 Å². The summed E-state index contributed by atoms with van der Waals surface area (Å²) in [4.78, 5) is 37.5. The van der Waals surface area contributed by atoms with E-state index in [9.17, 15) is 19.5 Å². The fraction of sp³-hybridized carbons (Fsp3) is 0.0714. The second-order valence-electron chi connectivity index (χ2n) is 11.7. The molecule has 0 aliphatic heterocycles. The van der Waals surface area contributed by atoms with Crippen molar-refractivity contribution < 1.29 is 24.6 Å². The molecule has 0 saturated heterocycles. The molecular formula is C42H38BN3O8S3. The van der Waals surface area contributed by atoms with Crippen LogP contribution in [0.5, 0.6) is 17.2 Å². The molecule has 3 heterocycles. The van der Waals surface area contributed by atoms with E-state index in [-0.39, 0.29) is 27.8 Å². The highest BCUT2D eigenvalue weighted by atomic mass is 32.1. The molecule has 0 atom stereocenters. The SMILES string of the molecule is C.COc1ccc(-n2c(=O)sc3ccccc32)cc1.COc1ccc(B(O)O)cc1.O=c1[nH]c2ccccc2s1.O=c1sc2ccccc2n1-c1ccc(O)cc1. The van der Waals surface area contributed by atoms with Crippen molar-refractivity contribution in [3.63, 3.8) is 0 Å². The topological polar surface area (TPSA) is 156 Å². The normalized spacial score (nSPS) is 10.2. The van der Waals surface area contributed by atoms with Crippen LogP contribution in [0.25, 0.3) is 42.0 Å². The van der Waals surface area contributed by atoms with Gasteiger partial charge in [0.1, 0.15) is 17.2 Å². The molecule has 4 N–H and O–H groups in total. The van der Waals surface area contributed by atoms with Crippen LogP contribution in [0.15, 0.2) is 160 Å². The minimum Gasteiger partial charge on any atom is -0.508 e. The molecule has 290 valence electrons. The van der Waals surface area contributed by atoms with Gasteiger partial charge in [0.05, 0.1) is 56.2 Å². The molecule has 0 bridgehead atoms. The van der Waals surface area contributed by atoms with Gasteiger partial charge in [-0.25, -0.2) is 0 Å². The number of H-pyrrole nitrogens is 1. The molecule has 57 heavy (non-hydrogen) atoms. The number of rotatable bonds is 5. The summed E-state index contributed by atoms with van der Waals surface area (Å²) >= 11 is 3.72. The Kier molecular flexibility index (Phi) is 14.4. The summed E-state index contributed by atoms with van der Waals surface area (Å²) in [6.45, 7) is 0. The van der Waals surface area contributed by atoms with Crippen LogP contribution in [0.1, 0.15) is 7.43 Å². The predicted octanol–water partition coefficient (Wildman–Crippen LogP) is 7.42. The van der Waals surface area contributed by atoms with Crippen LogP contribution >= 0.6 is 34.0 Å². The molecule has 0 radical (unpaired) electrons. The lowest BCUT2D eigenvalue weighted by Gasteiger charge is -2.05.